The van der Waals surface area contributed by atoms with Gasteiger partial charge in [-0.15, -0.1) is 11.3 Å². The van der Waals surface area contributed by atoms with Crippen LogP contribution in [0.3, 0.4) is 0 Å². The van der Waals surface area contributed by atoms with Crippen LogP contribution in [-0.4, -0.2) is 73.2 Å². The Balaban J connectivity index is 1.66. The number of likely N-dealkylation sites (tertiary alicyclic amines) is 1. The third-order valence-electron chi connectivity index (χ3n) is 4.77. The van der Waals surface area contributed by atoms with Gasteiger partial charge in [0.15, 0.2) is 0 Å². The molecule has 0 radical (unpaired) electrons. The Morgan fingerprint density at radius 2 is 2.22 bits per heavy atom. The van der Waals surface area contributed by atoms with E-state index in [0.717, 1.165) is 50.8 Å². The molecular formula is C16H25N3O3S. The number of carbonyl (C=O) groups excluding carboxylic acids is 1. The van der Waals surface area contributed by atoms with Crippen molar-refractivity contribution < 1.29 is 14.3 Å². The summed E-state index contributed by atoms with van der Waals surface area (Å²) in [6, 6.07) is 0.449. The lowest BCUT2D eigenvalue weighted by Gasteiger charge is -2.34. The fourth-order valence-electron chi connectivity index (χ4n) is 3.50. The van der Waals surface area contributed by atoms with Crippen LogP contribution < -0.4 is 0 Å². The molecule has 2 aliphatic heterocycles. The van der Waals surface area contributed by atoms with Crippen molar-refractivity contribution in [1.29, 1.82) is 0 Å². The van der Waals surface area contributed by atoms with Crippen LogP contribution in [0.5, 0.6) is 0 Å². The molecular weight excluding hydrogens is 314 g/mol. The number of hydrogen-bond donors (Lipinski definition) is 0. The molecule has 1 aromatic heterocycles. The summed E-state index contributed by atoms with van der Waals surface area (Å²) in [5.41, 5.74) is 0.555. The summed E-state index contributed by atoms with van der Waals surface area (Å²) in [5.74, 6) is 0.590. The van der Waals surface area contributed by atoms with E-state index >= 15 is 0 Å². The summed E-state index contributed by atoms with van der Waals surface area (Å²) < 4.78 is 10.5. The Bertz CT molecular complexity index is 530. The van der Waals surface area contributed by atoms with E-state index in [2.05, 4.69) is 16.8 Å². The average Bonchev–Trinajstić information content (AvgIpc) is 3.22. The summed E-state index contributed by atoms with van der Waals surface area (Å²) in [4.78, 5) is 21.6. The van der Waals surface area contributed by atoms with E-state index in [-0.39, 0.29) is 5.91 Å². The van der Waals surface area contributed by atoms with Gasteiger partial charge in [-0.2, -0.15) is 0 Å². The summed E-state index contributed by atoms with van der Waals surface area (Å²) in [5, 5.41) is 2.70. The molecule has 128 valence electrons. The van der Waals surface area contributed by atoms with E-state index in [9.17, 15) is 4.79 Å². The maximum Gasteiger partial charge on any atom is 0.273 e. The average molecular weight is 339 g/mol. The lowest BCUT2D eigenvalue weighted by Crippen LogP contribution is -2.47. The Labute approximate surface area is 141 Å². The molecule has 2 aliphatic rings. The number of aromatic nitrogens is 1. The molecule has 0 aliphatic carbocycles. The number of rotatable bonds is 5. The quantitative estimate of drug-likeness (QED) is 0.813. The molecule has 23 heavy (non-hydrogen) atoms. The molecule has 2 fully saturated rings. The van der Waals surface area contributed by atoms with Crippen LogP contribution in [0.4, 0.5) is 0 Å². The van der Waals surface area contributed by atoms with Gasteiger partial charge < -0.3 is 14.4 Å². The minimum Gasteiger partial charge on any atom is -0.379 e. The number of hydrogen-bond acceptors (Lipinski definition) is 6. The van der Waals surface area contributed by atoms with Crippen LogP contribution in [0.1, 0.15) is 28.8 Å². The van der Waals surface area contributed by atoms with Gasteiger partial charge in [0.05, 0.1) is 19.8 Å². The molecule has 0 aromatic carbocycles. The SMILES string of the molecule is CCC1CN(C(=O)c2csc(COC)n2)CC1N1CCOCC1. The van der Waals surface area contributed by atoms with Crippen LogP contribution in [-0.2, 0) is 16.1 Å². The molecule has 0 spiro atoms. The molecule has 3 heterocycles. The van der Waals surface area contributed by atoms with E-state index in [4.69, 9.17) is 9.47 Å². The van der Waals surface area contributed by atoms with Gasteiger partial charge in [0.25, 0.3) is 5.91 Å². The lowest BCUT2D eigenvalue weighted by molar-refractivity contribution is 0.0102. The highest BCUT2D eigenvalue weighted by molar-refractivity contribution is 7.09. The minimum atomic E-state index is 0.0535. The predicted molar refractivity (Wildman–Crippen MR) is 88.7 cm³/mol. The van der Waals surface area contributed by atoms with Gasteiger partial charge in [-0.1, -0.05) is 13.3 Å². The number of methoxy groups -OCH3 is 1. The van der Waals surface area contributed by atoms with E-state index in [1.54, 1.807) is 7.11 Å². The van der Waals surface area contributed by atoms with E-state index in [1.807, 2.05) is 10.3 Å². The van der Waals surface area contributed by atoms with Crippen molar-refractivity contribution >= 4 is 17.2 Å². The van der Waals surface area contributed by atoms with Crippen molar-refractivity contribution in [3.05, 3.63) is 16.1 Å². The van der Waals surface area contributed by atoms with Gasteiger partial charge in [-0.25, -0.2) is 4.98 Å². The standard InChI is InChI=1S/C16H25N3O3S/c1-3-12-8-19(9-14(12)18-4-6-22-7-5-18)16(20)13-11-23-15(17-13)10-21-2/h11-12,14H,3-10H2,1-2H3. The zero-order valence-electron chi connectivity index (χ0n) is 13.9. The van der Waals surface area contributed by atoms with Gasteiger partial charge in [0, 0.05) is 44.7 Å². The van der Waals surface area contributed by atoms with E-state index in [0.29, 0.717) is 24.3 Å². The Kier molecular flexibility index (Phi) is 5.63. The van der Waals surface area contributed by atoms with Crippen LogP contribution in [0.2, 0.25) is 0 Å². The second kappa shape index (κ2) is 7.70. The molecule has 7 heteroatoms. The number of carbonyl (C=O) groups is 1. The molecule has 3 rings (SSSR count). The molecule has 0 bridgehead atoms. The van der Waals surface area contributed by atoms with Gasteiger partial charge in [-0.3, -0.25) is 9.69 Å². The Morgan fingerprint density at radius 1 is 1.43 bits per heavy atom. The molecule has 2 unspecified atom stereocenters. The van der Waals surface area contributed by atoms with Crippen molar-refractivity contribution in [1.82, 2.24) is 14.8 Å². The van der Waals surface area contributed by atoms with Crippen LogP contribution in [0.15, 0.2) is 5.38 Å². The number of nitrogens with zero attached hydrogens (tertiary/aromatic N) is 3. The first-order valence-corrected chi connectivity index (χ1v) is 9.15. The fraction of sp³-hybridized carbons (Fsp3) is 0.750. The number of amides is 1. The first-order valence-electron chi connectivity index (χ1n) is 8.27. The zero-order valence-corrected chi connectivity index (χ0v) is 14.7. The third-order valence-corrected chi connectivity index (χ3v) is 5.59. The summed E-state index contributed by atoms with van der Waals surface area (Å²) in [6.45, 7) is 7.84. The molecule has 1 amide bonds. The highest BCUT2D eigenvalue weighted by atomic mass is 32.1. The van der Waals surface area contributed by atoms with Crippen LogP contribution in [0, 0.1) is 5.92 Å². The smallest absolute Gasteiger partial charge is 0.273 e. The van der Waals surface area contributed by atoms with Gasteiger partial charge in [-0.05, 0) is 5.92 Å². The molecule has 0 saturated carbocycles. The Hall–Kier alpha value is -1.02. The fourth-order valence-corrected chi connectivity index (χ4v) is 4.24. The third kappa shape index (κ3) is 3.74. The van der Waals surface area contributed by atoms with Crippen molar-refractivity contribution in [2.24, 2.45) is 5.92 Å². The summed E-state index contributed by atoms with van der Waals surface area (Å²) >= 11 is 1.49. The van der Waals surface area contributed by atoms with Crippen molar-refractivity contribution in [2.75, 3.05) is 46.5 Å². The highest BCUT2D eigenvalue weighted by Gasteiger charge is 2.38. The van der Waals surface area contributed by atoms with Crippen LogP contribution >= 0.6 is 11.3 Å². The normalized spacial score (nSPS) is 25.9. The van der Waals surface area contributed by atoms with Crippen molar-refractivity contribution in [3.63, 3.8) is 0 Å². The summed E-state index contributed by atoms with van der Waals surface area (Å²) in [7, 11) is 1.64. The first-order chi connectivity index (χ1) is 11.2. The molecule has 0 N–H and O–H groups in total. The lowest BCUT2D eigenvalue weighted by atomic mass is 9.99. The van der Waals surface area contributed by atoms with Crippen molar-refractivity contribution in [2.45, 2.75) is 26.0 Å². The van der Waals surface area contributed by atoms with E-state index in [1.165, 1.54) is 11.3 Å². The van der Waals surface area contributed by atoms with Gasteiger partial charge >= 0.3 is 0 Å². The molecule has 2 saturated heterocycles. The Morgan fingerprint density at radius 3 is 2.91 bits per heavy atom. The largest absolute Gasteiger partial charge is 0.379 e. The monoisotopic (exact) mass is 339 g/mol. The maximum atomic E-state index is 12.7. The van der Waals surface area contributed by atoms with E-state index < -0.39 is 0 Å². The molecule has 1 aromatic rings. The number of ether oxygens (including phenoxy) is 2. The predicted octanol–water partition coefficient (Wildman–Crippen LogP) is 1.47. The van der Waals surface area contributed by atoms with Crippen LogP contribution in [0.25, 0.3) is 0 Å². The number of morpholine rings is 1. The second-order valence-corrected chi connectivity index (χ2v) is 7.10. The minimum absolute atomic E-state index is 0.0535. The first kappa shape index (κ1) is 16.8. The summed E-state index contributed by atoms with van der Waals surface area (Å²) in [6.07, 6.45) is 1.10. The number of thiazole rings is 1. The maximum absolute atomic E-state index is 12.7. The zero-order chi connectivity index (χ0) is 16.2. The second-order valence-electron chi connectivity index (χ2n) is 6.15. The highest BCUT2D eigenvalue weighted by Crippen LogP contribution is 2.27. The molecule has 2 atom stereocenters. The topological polar surface area (TPSA) is 54.9 Å². The van der Waals surface area contributed by atoms with Gasteiger partial charge in [0.2, 0.25) is 0 Å². The molecule has 6 nitrogen and oxygen atoms in total. The van der Waals surface area contributed by atoms with Gasteiger partial charge in [0.1, 0.15) is 10.7 Å². The van der Waals surface area contributed by atoms with Crippen molar-refractivity contribution in [3.8, 4) is 0 Å².